The number of carbonyl (C=O) groups excluding carboxylic acids is 1. The SMILES string of the molecule is O=CCCC1(c2cccc(Cl)c2)OCCO1. The maximum absolute atomic E-state index is 10.5. The molecule has 16 heavy (non-hydrogen) atoms. The lowest BCUT2D eigenvalue weighted by molar-refractivity contribution is -0.171. The lowest BCUT2D eigenvalue weighted by atomic mass is 10.0. The van der Waals surface area contributed by atoms with E-state index in [9.17, 15) is 4.79 Å². The normalized spacial score (nSPS) is 18.6. The molecule has 1 aliphatic rings. The molecule has 0 spiro atoms. The van der Waals surface area contributed by atoms with E-state index in [-0.39, 0.29) is 0 Å². The van der Waals surface area contributed by atoms with Crippen LogP contribution in [0.3, 0.4) is 0 Å². The molecule has 0 unspecified atom stereocenters. The first-order valence-corrected chi connectivity index (χ1v) is 5.62. The van der Waals surface area contributed by atoms with Gasteiger partial charge in [-0.3, -0.25) is 0 Å². The summed E-state index contributed by atoms with van der Waals surface area (Å²) in [6.07, 6.45) is 1.81. The van der Waals surface area contributed by atoms with Gasteiger partial charge in [-0.1, -0.05) is 23.7 Å². The van der Waals surface area contributed by atoms with E-state index >= 15 is 0 Å². The second-order valence-corrected chi connectivity index (χ2v) is 4.10. The van der Waals surface area contributed by atoms with Gasteiger partial charge in [-0.05, 0) is 12.1 Å². The molecule has 1 aromatic carbocycles. The Balaban J connectivity index is 2.27. The Bertz CT molecular complexity index is 372. The van der Waals surface area contributed by atoms with Gasteiger partial charge >= 0.3 is 0 Å². The fourth-order valence-electron chi connectivity index (χ4n) is 1.88. The summed E-state index contributed by atoms with van der Waals surface area (Å²) in [6, 6.07) is 7.37. The van der Waals surface area contributed by atoms with Crippen LogP contribution >= 0.6 is 11.6 Å². The summed E-state index contributed by atoms with van der Waals surface area (Å²) in [4.78, 5) is 10.5. The highest BCUT2D eigenvalue weighted by Gasteiger charge is 2.38. The lowest BCUT2D eigenvalue weighted by Gasteiger charge is -2.27. The third kappa shape index (κ3) is 2.26. The zero-order chi connectivity index (χ0) is 11.4. The Morgan fingerprint density at radius 3 is 2.75 bits per heavy atom. The van der Waals surface area contributed by atoms with Gasteiger partial charge in [0.05, 0.1) is 13.2 Å². The van der Waals surface area contributed by atoms with Crippen molar-refractivity contribution in [2.45, 2.75) is 18.6 Å². The predicted molar refractivity (Wildman–Crippen MR) is 60.3 cm³/mol. The molecule has 4 heteroatoms. The maximum atomic E-state index is 10.5. The predicted octanol–water partition coefficient (Wildman–Crippen LogP) is 2.52. The monoisotopic (exact) mass is 240 g/mol. The number of rotatable bonds is 4. The minimum absolute atomic E-state index is 0.409. The summed E-state index contributed by atoms with van der Waals surface area (Å²) >= 11 is 5.94. The molecule has 1 saturated heterocycles. The molecule has 0 atom stereocenters. The third-order valence-electron chi connectivity index (χ3n) is 2.61. The highest BCUT2D eigenvalue weighted by atomic mass is 35.5. The van der Waals surface area contributed by atoms with Crippen molar-refractivity contribution >= 4 is 17.9 Å². The molecule has 2 rings (SSSR count). The van der Waals surface area contributed by atoms with Crippen LogP contribution in [0.25, 0.3) is 0 Å². The molecular formula is C12H13ClO3. The molecule has 0 aliphatic carbocycles. The Labute approximate surface area is 99.3 Å². The number of halogens is 1. The minimum Gasteiger partial charge on any atom is -0.343 e. The van der Waals surface area contributed by atoms with Crippen LogP contribution in [0.5, 0.6) is 0 Å². The molecule has 1 fully saturated rings. The van der Waals surface area contributed by atoms with Crippen molar-refractivity contribution in [3.05, 3.63) is 34.9 Å². The van der Waals surface area contributed by atoms with E-state index in [4.69, 9.17) is 21.1 Å². The Morgan fingerprint density at radius 2 is 2.12 bits per heavy atom. The quantitative estimate of drug-likeness (QED) is 0.759. The second kappa shape index (κ2) is 4.95. The molecule has 1 heterocycles. The number of hydrogen-bond donors (Lipinski definition) is 0. The first-order valence-electron chi connectivity index (χ1n) is 5.24. The van der Waals surface area contributed by atoms with E-state index in [1.807, 2.05) is 18.2 Å². The summed E-state index contributed by atoms with van der Waals surface area (Å²) in [5.41, 5.74) is 0.874. The smallest absolute Gasteiger partial charge is 0.195 e. The lowest BCUT2D eigenvalue weighted by Crippen LogP contribution is -2.27. The van der Waals surface area contributed by atoms with Crippen LogP contribution < -0.4 is 0 Å². The number of ether oxygens (including phenoxy) is 2. The molecule has 0 bridgehead atoms. The number of carbonyl (C=O) groups is 1. The summed E-state index contributed by atoms with van der Waals surface area (Å²) in [7, 11) is 0. The fraction of sp³-hybridized carbons (Fsp3) is 0.417. The number of aldehydes is 1. The van der Waals surface area contributed by atoms with Crippen LogP contribution in [0.4, 0.5) is 0 Å². The van der Waals surface area contributed by atoms with Gasteiger partial charge in [0.1, 0.15) is 6.29 Å². The van der Waals surface area contributed by atoms with E-state index < -0.39 is 5.79 Å². The van der Waals surface area contributed by atoms with Crippen molar-refractivity contribution < 1.29 is 14.3 Å². The van der Waals surface area contributed by atoms with E-state index in [1.165, 1.54) is 0 Å². The van der Waals surface area contributed by atoms with Crippen molar-refractivity contribution in [2.75, 3.05) is 13.2 Å². The van der Waals surface area contributed by atoms with Gasteiger partial charge in [-0.25, -0.2) is 0 Å². The van der Waals surface area contributed by atoms with Gasteiger partial charge in [0, 0.05) is 23.4 Å². The van der Waals surface area contributed by atoms with Crippen LogP contribution in [0.2, 0.25) is 5.02 Å². The van der Waals surface area contributed by atoms with Crippen molar-refractivity contribution in [2.24, 2.45) is 0 Å². The van der Waals surface area contributed by atoms with E-state index in [1.54, 1.807) is 6.07 Å². The van der Waals surface area contributed by atoms with Crippen molar-refractivity contribution in [1.29, 1.82) is 0 Å². The second-order valence-electron chi connectivity index (χ2n) is 3.67. The highest BCUT2D eigenvalue weighted by molar-refractivity contribution is 6.30. The van der Waals surface area contributed by atoms with Gasteiger partial charge < -0.3 is 14.3 Å². The van der Waals surface area contributed by atoms with Crippen LogP contribution in [0.1, 0.15) is 18.4 Å². The molecule has 0 radical (unpaired) electrons. The molecular weight excluding hydrogens is 228 g/mol. The Kier molecular flexibility index (Phi) is 3.59. The van der Waals surface area contributed by atoms with Crippen molar-refractivity contribution in [3.63, 3.8) is 0 Å². The largest absolute Gasteiger partial charge is 0.343 e. The van der Waals surface area contributed by atoms with Crippen LogP contribution in [-0.2, 0) is 20.1 Å². The van der Waals surface area contributed by atoms with E-state index in [2.05, 4.69) is 0 Å². The van der Waals surface area contributed by atoms with Crippen molar-refractivity contribution in [1.82, 2.24) is 0 Å². The topological polar surface area (TPSA) is 35.5 Å². The molecule has 0 aromatic heterocycles. The third-order valence-corrected chi connectivity index (χ3v) is 2.84. The number of hydrogen-bond acceptors (Lipinski definition) is 3. The van der Waals surface area contributed by atoms with Gasteiger partial charge in [-0.2, -0.15) is 0 Å². The zero-order valence-electron chi connectivity index (χ0n) is 8.82. The summed E-state index contributed by atoms with van der Waals surface area (Å²) < 4.78 is 11.3. The van der Waals surface area contributed by atoms with E-state index in [0.29, 0.717) is 31.1 Å². The first kappa shape index (κ1) is 11.6. The van der Waals surface area contributed by atoms with Crippen LogP contribution in [0.15, 0.2) is 24.3 Å². The average molecular weight is 241 g/mol. The molecule has 0 N–H and O–H groups in total. The average Bonchev–Trinajstić information content (AvgIpc) is 2.76. The summed E-state index contributed by atoms with van der Waals surface area (Å²) in [5, 5.41) is 0.641. The summed E-state index contributed by atoms with van der Waals surface area (Å²) in [5.74, 6) is -0.786. The van der Waals surface area contributed by atoms with Gasteiger partial charge in [0.15, 0.2) is 5.79 Å². The molecule has 3 nitrogen and oxygen atoms in total. The molecule has 1 aromatic rings. The Morgan fingerprint density at radius 1 is 1.38 bits per heavy atom. The molecule has 86 valence electrons. The van der Waals surface area contributed by atoms with Gasteiger partial charge in [0.25, 0.3) is 0 Å². The Hall–Kier alpha value is -0.900. The molecule has 0 saturated carbocycles. The van der Waals surface area contributed by atoms with Gasteiger partial charge in [-0.15, -0.1) is 0 Å². The van der Waals surface area contributed by atoms with Crippen molar-refractivity contribution in [3.8, 4) is 0 Å². The zero-order valence-corrected chi connectivity index (χ0v) is 9.57. The van der Waals surface area contributed by atoms with Gasteiger partial charge in [0.2, 0.25) is 0 Å². The van der Waals surface area contributed by atoms with Crippen LogP contribution in [-0.4, -0.2) is 19.5 Å². The maximum Gasteiger partial charge on any atom is 0.195 e. The highest BCUT2D eigenvalue weighted by Crippen LogP contribution is 2.36. The number of benzene rings is 1. The molecule has 0 amide bonds. The van der Waals surface area contributed by atoms with E-state index in [0.717, 1.165) is 11.8 Å². The minimum atomic E-state index is -0.786. The standard InChI is InChI=1S/C12H13ClO3/c13-11-4-1-3-10(9-11)12(5-2-6-14)15-7-8-16-12/h1,3-4,6,9H,2,5,7-8H2. The first-order chi connectivity index (χ1) is 7.77. The fourth-order valence-corrected chi connectivity index (χ4v) is 2.07. The van der Waals surface area contributed by atoms with Crippen LogP contribution in [0, 0.1) is 0 Å². The molecule has 1 aliphatic heterocycles. The summed E-state index contributed by atoms with van der Waals surface area (Å²) in [6.45, 7) is 1.09.